The maximum absolute atomic E-state index is 13.3. The predicted octanol–water partition coefficient (Wildman–Crippen LogP) is 2.23. The van der Waals surface area contributed by atoms with Crippen LogP contribution in [0.1, 0.15) is 12.8 Å². The van der Waals surface area contributed by atoms with Crippen LogP contribution < -0.4 is 0 Å². The van der Waals surface area contributed by atoms with Crippen LogP contribution in [-0.4, -0.2) is 5.67 Å². The molecule has 1 atom stereocenters. The highest BCUT2D eigenvalue weighted by atomic mass is 19.1. The lowest BCUT2D eigenvalue weighted by Crippen LogP contribution is -2.18. The maximum Gasteiger partial charge on any atom is 0.143 e. The van der Waals surface area contributed by atoms with Gasteiger partial charge in [-0.2, -0.15) is 0 Å². The molecule has 0 N–H and O–H groups in total. The van der Waals surface area contributed by atoms with Gasteiger partial charge in [0.1, 0.15) is 5.67 Å². The topological polar surface area (TPSA) is 0 Å². The highest BCUT2D eigenvalue weighted by Crippen LogP contribution is 2.25. The van der Waals surface area contributed by atoms with E-state index >= 15 is 0 Å². The van der Waals surface area contributed by atoms with E-state index in [9.17, 15) is 4.39 Å². The van der Waals surface area contributed by atoms with E-state index in [2.05, 4.69) is 5.92 Å². The summed E-state index contributed by atoms with van der Waals surface area (Å²) in [4.78, 5) is 0. The average molecular weight is 136 g/mol. The molecule has 0 bridgehead atoms. The molecule has 0 nitrogen and oxygen atoms in total. The van der Waals surface area contributed by atoms with E-state index in [1.54, 1.807) is 12.2 Å². The monoisotopic (exact) mass is 136 g/mol. The minimum Gasteiger partial charge on any atom is -0.238 e. The second-order valence-electron chi connectivity index (χ2n) is 2.41. The Morgan fingerprint density at radius 1 is 1.60 bits per heavy atom. The lowest BCUT2D eigenvalue weighted by Gasteiger charge is -2.18. The fraction of sp³-hybridized carbons (Fsp3) is 0.333. The van der Waals surface area contributed by atoms with Gasteiger partial charge in [-0.05, 0) is 6.08 Å². The van der Waals surface area contributed by atoms with E-state index in [-0.39, 0.29) is 6.42 Å². The van der Waals surface area contributed by atoms with Gasteiger partial charge in [0.15, 0.2) is 0 Å². The predicted molar refractivity (Wildman–Crippen MR) is 40.2 cm³/mol. The van der Waals surface area contributed by atoms with Gasteiger partial charge in [0.25, 0.3) is 0 Å². The third kappa shape index (κ3) is 1.48. The van der Waals surface area contributed by atoms with Crippen molar-refractivity contribution in [2.24, 2.45) is 0 Å². The number of hydrogen-bond donors (Lipinski definition) is 0. The van der Waals surface area contributed by atoms with Gasteiger partial charge in [0.2, 0.25) is 0 Å². The molecule has 0 aromatic carbocycles. The first-order valence-electron chi connectivity index (χ1n) is 3.24. The standard InChI is InChI=1S/C9H9F/c1-2-6-9(10)7-4-3-5-8-9/h1,3-5,7H,6,8H2. The Bertz CT molecular complexity index is 207. The van der Waals surface area contributed by atoms with E-state index in [4.69, 9.17) is 6.42 Å². The summed E-state index contributed by atoms with van der Waals surface area (Å²) in [7, 11) is 0. The van der Waals surface area contributed by atoms with Crippen LogP contribution in [0.25, 0.3) is 0 Å². The lowest BCUT2D eigenvalue weighted by molar-refractivity contribution is 0.238. The number of alkyl halides is 1. The number of halogens is 1. The Morgan fingerprint density at radius 3 is 2.90 bits per heavy atom. The summed E-state index contributed by atoms with van der Waals surface area (Å²) in [6.07, 6.45) is 12.4. The van der Waals surface area contributed by atoms with Crippen LogP contribution in [0.3, 0.4) is 0 Å². The summed E-state index contributed by atoms with van der Waals surface area (Å²) in [6, 6.07) is 0. The van der Waals surface area contributed by atoms with Crippen LogP contribution in [0.5, 0.6) is 0 Å². The minimum atomic E-state index is -1.27. The summed E-state index contributed by atoms with van der Waals surface area (Å²) >= 11 is 0. The Hall–Kier alpha value is -1.03. The molecular formula is C9H9F. The van der Waals surface area contributed by atoms with Crippen LogP contribution in [0, 0.1) is 12.3 Å². The molecule has 0 amide bonds. The van der Waals surface area contributed by atoms with Gasteiger partial charge in [-0.1, -0.05) is 18.2 Å². The van der Waals surface area contributed by atoms with Crippen molar-refractivity contribution >= 4 is 0 Å². The maximum atomic E-state index is 13.3. The first kappa shape index (κ1) is 7.08. The zero-order chi connectivity index (χ0) is 7.45. The van der Waals surface area contributed by atoms with Crippen LogP contribution in [0.2, 0.25) is 0 Å². The highest BCUT2D eigenvalue weighted by Gasteiger charge is 2.24. The van der Waals surface area contributed by atoms with E-state index in [1.807, 2.05) is 6.08 Å². The summed E-state index contributed by atoms with van der Waals surface area (Å²) in [6.45, 7) is 0. The van der Waals surface area contributed by atoms with Gasteiger partial charge in [0.05, 0.1) is 0 Å². The first-order valence-corrected chi connectivity index (χ1v) is 3.24. The van der Waals surface area contributed by atoms with Crippen LogP contribution in [-0.2, 0) is 0 Å². The van der Waals surface area contributed by atoms with Crippen molar-refractivity contribution in [3.05, 3.63) is 24.3 Å². The van der Waals surface area contributed by atoms with Crippen molar-refractivity contribution in [1.29, 1.82) is 0 Å². The SMILES string of the molecule is C#CCC1(F)C=CC=CC1. The van der Waals surface area contributed by atoms with E-state index in [0.29, 0.717) is 6.42 Å². The fourth-order valence-electron chi connectivity index (χ4n) is 0.939. The molecule has 0 saturated carbocycles. The number of hydrogen-bond acceptors (Lipinski definition) is 0. The normalized spacial score (nSPS) is 30.0. The highest BCUT2D eigenvalue weighted by molar-refractivity contribution is 5.20. The first-order chi connectivity index (χ1) is 4.77. The van der Waals surface area contributed by atoms with E-state index in [0.717, 1.165) is 0 Å². The van der Waals surface area contributed by atoms with Gasteiger partial charge in [-0.15, -0.1) is 12.3 Å². The molecule has 10 heavy (non-hydrogen) atoms. The van der Waals surface area contributed by atoms with Crippen LogP contribution in [0.4, 0.5) is 4.39 Å². The van der Waals surface area contributed by atoms with Gasteiger partial charge in [-0.25, -0.2) is 4.39 Å². The van der Waals surface area contributed by atoms with Gasteiger partial charge < -0.3 is 0 Å². The van der Waals surface area contributed by atoms with Crippen LogP contribution in [0.15, 0.2) is 24.3 Å². The molecule has 0 aromatic rings. The lowest BCUT2D eigenvalue weighted by atomic mass is 9.94. The summed E-state index contributed by atoms with van der Waals surface area (Å²) in [5.74, 6) is 2.32. The van der Waals surface area contributed by atoms with Crippen molar-refractivity contribution < 1.29 is 4.39 Å². The molecule has 0 aliphatic heterocycles. The zero-order valence-electron chi connectivity index (χ0n) is 5.68. The molecule has 52 valence electrons. The second-order valence-corrected chi connectivity index (χ2v) is 2.41. The van der Waals surface area contributed by atoms with Crippen molar-refractivity contribution in [2.45, 2.75) is 18.5 Å². The summed E-state index contributed by atoms with van der Waals surface area (Å²) < 4.78 is 13.3. The Balaban J connectivity index is 2.63. The van der Waals surface area contributed by atoms with Gasteiger partial charge in [-0.3, -0.25) is 0 Å². The minimum absolute atomic E-state index is 0.174. The molecule has 1 aliphatic rings. The second kappa shape index (κ2) is 2.70. The molecule has 0 saturated heterocycles. The van der Waals surface area contributed by atoms with Gasteiger partial charge in [0, 0.05) is 12.8 Å². The average Bonchev–Trinajstić information content (AvgIpc) is 1.89. The molecule has 1 aliphatic carbocycles. The zero-order valence-corrected chi connectivity index (χ0v) is 5.68. The third-order valence-corrected chi connectivity index (χ3v) is 1.50. The number of terminal acetylenes is 1. The number of allylic oxidation sites excluding steroid dienone is 4. The molecular weight excluding hydrogens is 127 g/mol. The molecule has 0 fully saturated rings. The van der Waals surface area contributed by atoms with Crippen molar-refractivity contribution in [3.8, 4) is 12.3 Å². The van der Waals surface area contributed by atoms with E-state index in [1.165, 1.54) is 6.08 Å². The molecule has 0 aromatic heterocycles. The molecule has 1 unspecified atom stereocenters. The Kier molecular flexibility index (Phi) is 1.91. The van der Waals surface area contributed by atoms with E-state index < -0.39 is 5.67 Å². The largest absolute Gasteiger partial charge is 0.238 e. The fourth-order valence-corrected chi connectivity index (χ4v) is 0.939. The third-order valence-electron chi connectivity index (χ3n) is 1.50. The summed E-state index contributed by atoms with van der Waals surface area (Å²) in [5.41, 5.74) is -1.27. The molecule has 0 heterocycles. The molecule has 1 heteroatoms. The molecule has 0 spiro atoms. The number of rotatable bonds is 1. The van der Waals surface area contributed by atoms with Crippen molar-refractivity contribution in [2.75, 3.05) is 0 Å². The molecule has 0 radical (unpaired) electrons. The van der Waals surface area contributed by atoms with Gasteiger partial charge >= 0.3 is 0 Å². The quantitative estimate of drug-likeness (QED) is 0.485. The van der Waals surface area contributed by atoms with Crippen molar-refractivity contribution in [3.63, 3.8) is 0 Å². The van der Waals surface area contributed by atoms with Crippen LogP contribution >= 0.6 is 0 Å². The smallest absolute Gasteiger partial charge is 0.143 e. The molecule has 1 rings (SSSR count). The Morgan fingerprint density at radius 2 is 2.40 bits per heavy atom. The Labute approximate surface area is 60.4 Å². The van der Waals surface area contributed by atoms with Crippen molar-refractivity contribution in [1.82, 2.24) is 0 Å². The summed E-state index contributed by atoms with van der Waals surface area (Å²) in [5, 5.41) is 0.